The standard InChI is InChI=1S/C14H10Cl2N4O2/c1-22-13-8(16)6-5-7(15)11(13)14(21)17-9-3-2-4-10-12(9)19-20-18-10/h2-6H,1H3,(H,17,21)(H,18,19,20). The first-order valence-corrected chi connectivity index (χ1v) is 7.00. The number of aromatic amines is 1. The third kappa shape index (κ3) is 2.47. The van der Waals surface area contributed by atoms with Gasteiger partial charge in [0.15, 0.2) is 5.75 Å². The number of rotatable bonds is 3. The molecule has 0 spiro atoms. The number of ether oxygens (including phenoxy) is 1. The number of hydrogen-bond donors (Lipinski definition) is 2. The molecule has 1 heterocycles. The molecular formula is C14H10Cl2N4O2. The molecule has 0 unspecified atom stereocenters. The van der Waals surface area contributed by atoms with Crippen LogP contribution in [-0.4, -0.2) is 28.4 Å². The van der Waals surface area contributed by atoms with Gasteiger partial charge in [0.05, 0.1) is 22.8 Å². The third-order valence-corrected chi connectivity index (χ3v) is 3.70. The summed E-state index contributed by atoms with van der Waals surface area (Å²) in [5.74, 6) is -0.223. The van der Waals surface area contributed by atoms with Crippen LogP contribution in [-0.2, 0) is 0 Å². The Labute approximate surface area is 135 Å². The van der Waals surface area contributed by atoms with Crippen LogP contribution in [0.15, 0.2) is 30.3 Å². The maximum atomic E-state index is 12.5. The molecule has 0 radical (unpaired) electrons. The van der Waals surface area contributed by atoms with Crippen molar-refractivity contribution in [2.24, 2.45) is 0 Å². The largest absolute Gasteiger partial charge is 0.494 e. The van der Waals surface area contributed by atoms with E-state index in [0.29, 0.717) is 21.7 Å². The number of benzene rings is 2. The van der Waals surface area contributed by atoms with Gasteiger partial charge in [-0.1, -0.05) is 29.3 Å². The van der Waals surface area contributed by atoms with E-state index in [4.69, 9.17) is 27.9 Å². The molecule has 0 aliphatic heterocycles. The number of nitrogens with one attached hydrogen (secondary N) is 2. The fourth-order valence-electron chi connectivity index (χ4n) is 2.10. The molecule has 1 aromatic heterocycles. The van der Waals surface area contributed by atoms with Crippen molar-refractivity contribution in [3.8, 4) is 5.75 Å². The molecule has 2 N–H and O–H groups in total. The van der Waals surface area contributed by atoms with Crippen molar-refractivity contribution < 1.29 is 9.53 Å². The average molecular weight is 337 g/mol. The van der Waals surface area contributed by atoms with Gasteiger partial charge in [0.2, 0.25) is 0 Å². The van der Waals surface area contributed by atoms with E-state index in [1.54, 1.807) is 24.3 Å². The first kappa shape index (κ1) is 14.6. The second kappa shape index (κ2) is 5.82. The number of halogens is 2. The van der Waals surface area contributed by atoms with Crippen molar-refractivity contribution >= 4 is 45.8 Å². The SMILES string of the molecule is COc1c(Cl)ccc(Cl)c1C(=O)Nc1cccc2n[nH]nc12. The van der Waals surface area contributed by atoms with Crippen LogP contribution in [0.25, 0.3) is 11.0 Å². The van der Waals surface area contributed by atoms with Crippen molar-refractivity contribution in [3.05, 3.63) is 45.9 Å². The minimum absolute atomic E-state index is 0.164. The maximum absolute atomic E-state index is 12.5. The summed E-state index contributed by atoms with van der Waals surface area (Å²) in [6.07, 6.45) is 0. The van der Waals surface area contributed by atoms with E-state index in [9.17, 15) is 4.79 Å². The zero-order valence-electron chi connectivity index (χ0n) is 11.4. The summed E-state index contributed by atoms with van der Waals surface area (Å²) < 4.78 is 5.18. The molecule has 6 nitrogen and oxygen atoms in total. The molecule has 0 saturated carbocycles. The van der Waals surface area contributed by atoms with Gasteiger partial charge in [-0.15, -0.1) is 0 Å². The van der Waals surface area contributed by atoms with Gasteiger partial charge in [-0.2, -0.15) is 15.4 Å². The summed E-state index contributed by atoms with van der Waals surface area (Å²) in [6, 6.07) is 8.36. The van der Waals surface area contributed by atoms with Crippen LogP contribution in [0.4, 0.5) is 5.69 Å². The Morgan fingerprint density at radius 2 is 1.95 bits per heavy atom. The Balaban J connectivity index is 2.02. The molecule has 0 fully saturated rings. The highest BCUT2D eigenvalue weighted by molar-refractivity contribution is 6.37. The molecule has 3 rings (SSSR count). The topological polar surface area (TPSA) is 79.9 Å². The Bertz CT molecular complexity index is 863. The fourth-order valence-corrected chi connectivity index (χ4v) is 2.57. The number of nitrogens with zero attached hydrogens (tertiary/aromatic N) is 2. The van der Waals surface area contributed by atoms with Crippen LogP contribution in [0.3, 0.4) is 0 Å². The van der Waals surface area contributed by atoms with E-state index in [1.807, 2.05) is 0 Å². The Kier molecular flexibility index (Phi) is 3.87. The van der Waals surface area contributed by atoms with Crippen molar-refractivity contribution in [1.82, 2.24) is 15.4 Å². The van der Waals surface area contributed by atoms with Gasteiger partial charge in [0.25, 0.3) is 5.91 Å². The number of para-hydroxylation sites is 1. The smallest absolute Gasteiger partial charge is 0.261 e. The molecule has 0 aliphatic carbocycles. The van der Waals surface area contributed by atoms with Crippen LogP contribution < -0.4 is 10.1 Å². The number of fused-ring (bicyclic) bond motifs is 1. The zero-order chi connectivity index (χ0) is 15.7. The number of carbonyl (C=O) groups excluding carboxylic acids is 1. The average Bonchev–Trinajstić information content (AvgIpc) is 2.98. The molecule has 0 atom stereocenters. The summed E-state index contributed by atoms with van der Waals surface area (Å²) in [7, 11) is 1.42. The van der Waals surface area contributed by atoms with E-state index in [0.717, 1.165) is 0 Å². The van der Waals surface area contributed by atoms with E-state index in [-0.39, 0.29) is 16.3 Å². The van der Waals surface area contributed by atoms with Gasteiger partial charge in [0, 0.05) is 0 Å². The van der Waals surface area contributed by atoms with Crippen molar-refractivity contribution in [3.63, 3.8) is 0 Å². The fraction of sp³-hybridized carbons (Fsp3) is 0.0714. The van der Waals surface area contributed by atoms with Crippen molar-refractivity contribution in [2.75, 3.05) is 12.4 Å². The van der Waals surface area contributed by atoms with Crippen LogP contribution in [0.1, 0.15) is 10.4 Å². The highest BCUT2D eigenvalue weighted by Crippen LogP contribution is 2.34. The molecule has 1 amide bonds. The van der Waals surface area contributed by atoms with Gasteiger partial charge in [-0.25, -0.2) is 0 Å². The third-order valence-electron chi connectivity index (χ3n) is 3.09. The van der Waals surface area contributed by atoms with Crippen LogP contribution in [0, 0.1) is 0 Å². The van der Waals surface area contributed by atoms with Gasteiger partial charge < -0.3 is 10.1 Å². The highest BCUT2D eigenvalue weighted by Gasteiger charge is 2.20. The lowest BCUT2D eigenvalue weighted by atomic mass is 10.1. The predicted molar refractivity (Wildman–Crippen MR) is 84.9 cm³/mol. The lowest BCUT2D eigenvalue weighted by Gasteiger charge is -2.12. The van der Waals surface area contributed by atoms with Gasteiger partial charge in [-0.3, -0.25) is 4.79 Å². The number of anilines is 1. The molecule has 0 bridgehead atoms. The zero-order valence-corrected chi connectivity index (χ0v) is 12.9. The van der Waals surface area contributed by atoms with Crippen LogP contribution in [0.5, 0.6) is 5.75 Å². The van der Waals surface area contributed by atoms with Crippen molar-refractivity contribution in [1.29, 1.82) is 0 Å². The Hall–Kier alpha value is -2.31. The van der Waals surface area contributed by atoms with Gasteiger partial charge >= 0.3 is 0 Å². The van der Waals surface area contributed by atoms with E-state index in [2.05, 4.69) is 20.7 Å². The summed E-state index contributed by atoms with van der Waals surface area (Å²) in [6.45, 7) is 0. The maximum Gasteiger partial charge on any atom is 0.261 e. The minimum atomic E-state index is -0.445. The van der Waals surface area contributed by atoms with Crippen LogP contribution in [0.2, 0.25) is 10.0 Å². The molecule has 22 heavy (non-hydrogen) atoms. The quantitative estimate of drug-likeness (QED) is 0.766. The molecule has 0 saturated heterocycles. The number of H-pyrrole nitrogens is 1. The Morgan fingerprint density at radius 1 is 1.18 bits per heavy atom. The lowest BCUT2D eigenvalue weighted by molar-refractivity contribution is 0.102. The van der Waals surface area contributed by atoms with E-state index < -0.39 is 5.91 Å². The number of aromatic nitrogens is 3. The number of carbonyl (C=O) groups is 1. The van der Waals surface area contributed by atoms with E-state index in [1.165, 1.54) is 13.2 Å². The molecular weight excluding hydrogens is 327 g/mol. The van der Waals surface area contributed by atoms with E-state index >= 15 is 0 Å². The van der Waals surface area contributed by atoms with Crippen LogP contribution >= 0.6 is 23.2 Å². The summed E-state index contributed by atoms with van der Waals surface area (Å²) in [4.78, 5) is 12.5. The number of methoxy groups -OCH3 is 1. The molecule has 112 valence electrons. The van der Waals surface area contributed by atoms with Crippen molar-refractivity contribution in [2.45, 2.75) is 0 Å². The Morgan fingerprint density at radius 3 is 2.73 bits per heavy atom. The van der Waals surface area contributed by atoms with Gasteiger partial charge in [0.1, 0.15) is 16.6 Å². The summed E-state index contributed by atoms with van der Waals surface area (Å²) in [5.41, 5.74) is 1.86. The first-order valence-electron chi connectivity index (χ1n) is 6.24. The number of hydrogen-bond acceptors (Lipinski definition) is 4. The minimum Gasteiger partial charge on any atom is -0.494 e. The first-order chi connectivity index (χ1) is 10.6. The molecule has 8 heteroatoms. The molecule has 0 aliphatic rings. The summed E-state index contributed by atoms with van der Waals surface area (Å²) >= 11 is 12.1. The normalized spacial score (nSPS) is 10.7. The lowest BCUT2D eigenvalue weighted by Crippen LogP contribution is -2.14. The van der Waals surface area contributed by atoms with Gasteiger partial charge in [-0.05, 0) is 24.3 Å². The molecule has 2 aromatic carbocycles. The molecule has 3 aromatic rings. The second-order valence-corrected chi connectivity index (χ2v) is 5.20. The monoisotopic (exact) mass is 336 g/mol. The number of amides is 1. The predicted octanol–water partition coefficient (Wildman–Crippen LogP) is 3.53. The summed E-state index contributed by atoms with van der Waals surface area (Å²) in [5, 5.41) is 13.8. The second-order valence-electron chi connectivity index (χ2n) is 4.39. The highest BCUT2D eigenvalue weighted by atomic mass is 35.5.